The summed E-state index contributed by atoms with van der Waals surface area (Å²) in [5.41, 5.74) is 9.44. The lowest BCUT2D eigenvalue weighted by Crippen LogP contribution is -2.29. The van der Waals surface area contributed by atoms with Crippen molar-refractivity contribution in [2.75, 3.05) is 0 Å². The number of fused-ring (bicyclic) bond motifs is 3. The number of benzene rings is 5. The van der Waals surface area contributed by atoms with Gasteiger partial charge in [-0.1, -0.05) is 84.9 Å². The minimum atomic E-state index is 0.593. The van der Waals surface area contributed by atoms with Crippen molar-refractivity contribution in [3.05, 3.63) is 133 Å². The molecule has 0 spiro atoms. The highest BCUT2D eigenvalue weighted by atomic mass is 16.3. The number of nitrogens with zero attached hydrogens (tertiary/aromatic N) is 3. The number of hydrogen-bond acceptors (Lipinski definition) is 2. The molecular formula is C36H26N3O+. The highest BCUT2D eigenvalue weighted by Crippen LogP contribution is 2.42. The molecule has 0 aliphatic heterocycles. The number of furan rings is 1. The summed E-state index contributed by atoms with van der Waals surface area (Å²) in [5, 5.41) is 12.1. The zero-order valence-corrected chi connectivity index (χ0v) is 22.3. The van der Waals surface area contributed by atoms with E-state index in [1.54, 1.807) is 0 Å². The van der Waals surface area contributed by atoms with Crippen LogP contribution in [0.25, 0.3) is 61.3 Å². The number of nitriles is 1. The monoisotopic (exact) mass is 516 g/mol. The Morgan fingerprint density at radius 3 is 1.98 bits per heavy atom. The van der Waals surface area contributed by atoms with Crippen LogP contribution in [0.2, 0.25) is 0 Å². The molecule has 5 aromatic carbocycles. The van der Waals surface area contributed by atoms with E-state index in [2.05, 4.69) is 102 Å². The molecule has 0 radical (unpaired) electrons. The molecule has 0 atom stereocenters. The van der Waals surface area contributed by atoms with E-state index >= 15 is 0 Å². The largest absolute Gasteiger partial charge is 0.454 e. The highest BCUT2D eigenvalue weighted by molar-refractivity contribution is 6.14. The van der Waals surface area contributed by atoms with Gasteiger partial charge in [-0.25, -0.2) is 4.57 Å². The Labute approximate surface area is 232 Å². The minimum absolute atomic E-state index is 0.593. The van der Waals surface area contributed by atoms with Crippen molar-refractivity contribution in [2.45, 2.75) is 6.92 Å². The van der Waals surface area contributed by atoms with Crippen LogP contribution in [0.15, 0.2) is 126 Å². The van der Waals surface area contributed by atoms with Gasteiger partial charge in [-0.2, -0.15) is 9.83 Å². The first-order valence-corrected chi connectivity index (χ1v) is 13.3. The van der Waals surface area contributed by atoms with Crippen molar-refractivity contribution in [1.82, 2.24) is 4.57 Å². The molecule has 0 fully saturated rings. The molecule has 2 heterocycles. The zero-order chi connectivity index (χ0) is 27.2. The fourth-order valence-electron chi connectivity index (χ4n) is 5.69. The van der Waals surface area contributed by atoms with Gasteiger partial charge in [-0.3, -0.25) is 0 Å². The predicted octanol–water partition coefficient (Wildman–Crippen LogP) is 8.38. The van der Waals surface area contributed by atoms with E-state index in [0.29, 0.717) is 5.56 Å². The van der Waals surface area contributed by atoms with Gasteiger partial charge in [0.2, 0.25) is 0 Å². The van der Waals surface area contributed by atoms with Crippen LogP contribution < -0.4 is 4.57 Å². The molecule has 0 saturated heterocycles. The maximum atomic E-state index is 10.1. The fraction of sp³-hybridized carbons (Fsp3) is 0.0556. The molecule has 40 heavy (non-hydrogen) atoms. The van der Waals surface area contributed by atoms with E-state index in [1.807, 2.05) is 48.5 Å². The molecular weight excluding hydrogens is 490 g/mol. The molecule has 0 aliphatic rings. The van der Waals surface area contributed by atoms with E-state index in [4.69, 9.17) is 4.42 Å². The van der Waals surface area contributed by atoms with Gasteiger partial charge in [-0.15, -0.1) is 0 Å². The average Bonchev–Trinajstić information content (AvgIpc) is 3.58. The summed E-state index contributed by atoms with van der Waals surface area (Å²) < 4.78 is 11.1. The van der Waals surface area contributed by atoms with Crippen LogP contribution in [-0.2, 0) is 7.05 Å². The second kappa shape index (κ2) is 9.41. The second-order valence-corrected chi connectivity index (χ2v) is 10.1. The van der Waals surface area contributed by atoms with Gasteiger partial charge in [0, 0.05) is 16.3 Å². The maximum absolute atomic E-state index is 10.1. The van der Waals surface area contributed by atoms with E-state index in [9.17, 15) is 5.26 Å². The van der Waals surface area contributed by atoms with Crippen LogP contribution in [0.5, 0.6) is 0 Å². The average molecular weight is 517 g/mol. The Kier molecular flexibility index (Phi) is 5.58. The van der Waals surface area contributed by atoms with Crippen molar-refractivity contribution in [3.8, 4) is 45.4 Å². The van der Waals surface area contributed by atoms with Gasteiger partial charge in [0.15, 0.2) is 5.58 Å². The molecule has 0 saturated carbocycles. The van der Waals surface area contributed by atoms with E-state index in [1.165, 1.54) is 0 Å². The molecule has 0 N–H and O–H groups in total. The first kappa shape index (κ1) is 23.7. The second-order valence-electron chi connectivity index (χ2n) is 10.1. The molecule has 0 aliphatic carbocycles. The van der Waals surface area contributed by atoms with Gasteiger partial charge in [-0.05, 0) is 53.4 Å². The number of imidazole rings is 1. The lowest BCUT2D eigenvalue weighted by molar-refractivity contribution is -0.659. The molecule has 0 bridgehead atoms. The van der Waals surface area contributed by atoms with Crippen molar-refractivity contribution in [2.24, 2.45) is 7.05 Å². The molecule has 0 amide bonds. The van der Waals surface area contributed by atoms with Gasteiger partial charge >= 0.3 is 0 Å². The van der Waals surface area contributed by atoms with Crippen molar-refractivity contribution >= 4 is 21.9 Å². The number of aromatic nitrogens is 2. The number of hydrogen-bond donors (Lipinski definition) is 0. The van der Waals surface area contributed by atoms with Crippen LogP contribution >= 0.6 is 0 Å². The normalized spacial score (nSPS) is 11.2. The Bertz CT molecular complexity index is 2060. The quantitative estimate of drug-likeness (QED) is 0.221. The Morgan fingerprint density at radius 2 is 1.27 bits per heavy atom. The Morgan fingerprint density at radius 1 is 0.675 bits per heavy atom. The smallest absolute Gasteiger partial charge is 0.297 e. The van der Waals surface area contributed by atoms with E-state index < -0.39 is 0 Å². The number of aryl methyl sites for hydroxylation is 2. The summed E-state index contributed by atoms with van der Waals surface area (Å²) in [6.45, 7) is 2.12. The van der Waals surface area contributed by atoms with Gasteiger partial charge < -0.3 is 4.42 Å². The van der Waals surface area contributed by atoms with Crippen molar-refractivity contribution in [1.29, 1.82) is 5.26 Å². The van der Waals surface area contributed by atoms with Crippen molar-refractivity contribution in [3.63, 3.8) is 0 Å². The standard InChI is InChI=1S/C36H26N3O/c1-24-13-19-30-31-20-18-28(23-37)33(27-16-14-26(15-17-27)25-9-5-3-6-10-25)35(31)40-34(30)32(24)36-38(2)21-22-39(36)29-11-7-4-8-12-29/h3-22H,1-2H3/q+1. The summed E-state index contributed by atoms with van der Waals surface area (Å²) in [4.78, 5) is 0. The van der Waals surface area contributed by atoms with E-state index in [-0.39, 0.29) is 0 Å². The Hall–Kier alpha value is -5.40. The summed E-state index contributed by atoms with van der Waals surface area (Å²) in [7, 11) is 2.06. The zero-order valence-electron chi connectivity index (χ0n) is 22.3. The topological polar surface area (TPSA) is 45.7 Å². The summed E-state index contributed by atoms with van der Waals surface area (Å²) in [6, 6.07) is 39.6. The Balaban J connectivity index is 1.48. The summed E-state index contributed by atoms with van der Waals surface area (Å²) in [6.07, 6.45) is 4.15. The third-order valence-corrected chi connectivity index (χ3v) is 7.68. The molecule has 7 aromatic rings. The number of para-hydroxylation sites is 1. The highest BCUT2D eigenvalue weighted by Gasteiger charge is 2.27. The third-order valence-electron chi connectivity index (χ3n) is 7.68. The SMILES string of the molecule is Cc1ccc2c(oc3c(-c4ccc(-c5ccccc5)cc4)c(C#N)ccc32)c1-c1n(-c2ccccc2)cc[n+]1C. The van der Waals surface area contributed by atoms with Gasteiger partial charge in [0.1, 0.15) is 29.2 Å². The molecule has 4 nitrogen and oxygen atoms in total. The third kappa shape index (κ3) is 3.72. The lowest BCUT2D eigenvalue weighted by Gasteiger charge is -2.08. The fourth-order valence-corrected chi connectivity index (χ4v) is 5.69. The molecule has 7 rings (SSSR count). The van der Waals surface area contributed by atoms with Crippen molar-refractivity contribution < 1.29 is 8.98 Å². The first-order valence-electron chi connectivity index (χ1n) is 13.3. The van der Waals surface area contributed by atoms with Gasteiger partial charge in [0.05, 0.1) is 18.7 Å². The van der Waals surface area contributed by atoms with Crippen LogP contribution in [0.4, 0.5) is 0 Å². The van der Waals surface area contributed by atoms with Crippen LogP contribution in [0.3, 0.4) is 0 Å². The number of rotatable bonds is 4. The lowest BCUT2D eigenvalue weighted by atomic mass is 9.95. The van der Waals surface area contributed by atoms with Gasteiger partial charge in [0.25, 0.3) is 5.82 Å². The van der Waals surface area contributed by atoms with Crippen LogP contribution in [0, 0.1) is 18.3 Å². The molecule has 2 aromatic heterocycles. The first-order chi connectivity index (χ1) is 19.6. The minimum Gasteiger partial charge on any atom is -0.454 e. The molecule has 0 unspecified atom stereocenters. The van der Waals surface area contributed by atoms with Crippen LogP contribution in [0.1, 0.15) is 11.1 Å². The maximum Gasteiger partial charge on any atom is 0.297 e. The summed E-state index contributed by atoms with van der Waals surface area (Å²) >= 11 is 0. The molecule has 190 valence electrons. The predicted molar refractivity (Wildman–Crippen MR) is 160 cm³/mol. The van der Waals surface area contributed by atoms with Crippen LogP contribution in [-0.4, -0.2) is 4.57 Å². The summed E-state index contributed by atoms with van der Waals surface area (Å²) in [5.74, 6) is 1.03. The molecule has 4 heteroatoms. The van der Waals surface area contributed by atoms with E-state index in [0.717, 1.165) is 66.8 Å².